The maximum absolute atomic E-state index is 12.5. The molecule has 0 aromatic carbocycles. The molecule has 0 saturated carbocycles. The molecule has 0 unspecified atom stereocenters. The van der Waals surface area contributed by atoms with Gasteiger partial charge in [-0.05, 0) is 50.1 Å². The number of hydrogen-bond acceptors (Lipinski definition) is 10. The van der Waals surface area contributed by atoms with E-state index in [0.29, 0.717) is 28.3 Å². The standard InChI is InChI=1S/C23H24N6O5S2/c1-15-10-21(28-8-5-9-28)26-16(2)22(15)34-23-20(29(35(3,30)31)36(4,32)33)7-6-19(27-23)18-11-17(12-24)13-25-14-18/h6-7,10-11,13-14H,5,8-9H2,1-4H3. The Morgan fingerprint density at radius 1 is 1.03 bits per heavy atom. The molecule has 13 heteroatoms. The summed E-state index contributed by atoms with van der Waals surface area (Å²) >= 11 is 0. The lowest BCUT2D eigenvalue weighted by molar-refractivity contribution is 0.454. The van der Waals surface area contributed by atoms with Gasteiger partial charge in [-0.25, -0.2) is 26.8 Å². The maximum atomic E-state index is 12.5. The first-order valence-corrected chi connectivity index (χ1v) is 14.6. The smallest absolute Gasteiger partial charge is 0.246 e. The largest absolute Gasteiger partial charge is 0.435 e. The van der Waals surface area contributed by atoms with Crippen LogP contribution in [-0.4, -0.2) is 57.4 Å². The minimum absolute atomic E-state index is 0.254. The number of pyridine rings is 3. The van der Waals surface area contributed by atoms with Gasteiger partial charge >= 0.3 is 0 Å². The number of anilines is 2. The van der Waals surface area contributed by atoms with E-state index >= 15 is 0 Å². The van der Waals surface area contributed by atoms with Gasteiger partial charge in [0.2, 0.25) is 25.9 Å². The molecule has 1 saturated heterocycles. The Kier molecular flexibility index (Phi) is 6.59. The van der Waals surface area contributed by atoms with Crippen LogP contribution in [0.1, 0.15) is 23.2 Å². The van der Waals surface area contributed by atoms with Crippen LogP contribution in [0.2, 0.25) is 0 Å². The van der Waals surface area contributed by atoms with Crippen molar-refractivity contribution in [1.82, 2.24) is 15.0 Å². The van der Waals surface area contributed by atoms with Gasteiger partial charge in [-0.3, -0.25) is 4.98 Å². The molecule has 0 aliphatic carbocycles. The fraction of sp³-hybridized carbons (Fsp3) is 0.304. The highest BCUT2D eigenvalue weighted by atomic mass is 32.3. The van der Waals surface area contributed by atoms with Gasteiger partial charge in [0, 0.05) is 31.0 Å². The molecule has 11 nitrogen and oxygen atoms in total. The monoisotopic (exact) mass is 528 g/mol. The van der Waals surface area contributed by atoms with Crippen LogP contribution in [0.25, 0.3) is 11.3 Å². The first-order valence-electron chi connectivity index (χ1n) is 10.9. The molecule has 0 radical (unpaired) electrons. The zero-order valence-electron chi connectivity index (χ0n) is 20.1. The Bertz CT molecular complexity index is 1540. The van der Waals surface area contributed by atoms with Crippen molar-refractivity contribution in [3.63, 3.8) is 0 Å². The molecule has 1 fully saturated rings. The minimum atomic E-state index is -4.26. The first kappa shape index (κ1) is 25.3. The second kappa shape index (κ2) is 9.36. The molecule has 188 valence electrons. The van der Waals surface area contributed by atoms with Gasteiger partial charge in [-0.1, -0.05) is 0 Å². The molecule has 0 atom stereocenters. The van der Waals surface area contributed by atoms with Crippen LogP contribution in [0.15, 0.2) is 36.7 Å². The molecular formula is C23H24N6O5S2. The summed E-state index contributed by atoms with van der Waals surface area (Å²) in [6.45, 7) is 5.39. The van der Waals surface area contributed by atoms with Gasteiger partial charge in [-0.15, -0.1) is 0 Å². The lowest BCUT2D eigenvalue weighted by atomic mass is 10.1. The normalized spacial score (nSPS) is 13.6. The maximum Gasteiger partial charge on any atom is 0.246 e. The lowest BCUT2D eigenvalue weighted by Crippen LogP contribution is -2.37. The van der Waals surface area contributed by atoms with Crippen molar-refractivity contribution in [2.45, 2.75) is 20.3 Å². The summed E-state index contributed by atoms with van der Waals surface area (Å²) in [6.07, 6.45) is 5.53. The molecule has 0 bridgehead atoms. The highest BCUT2D eigenvalue weighted by Gasteiger charge is 2.32. The first-order chi connectivity index (χ1) is 16.9. The van der Waals surface area contributed by atoms with E-state index in [1.807, 2.05) is 19.1 Å². The van der Waals surface area contributed by atoms with Crippen LogP contribution in [0, 0.1) is 25.2 Å². The van der Waals surface area contributed by atoms with Crippen LogP contribution >= 0.6 is 0 Å². The number of hydrogen-bond donors (Lipinski definition) is 0. The number of sulfonamides is 2. The second-order valence-corrected chi connectivity index (χ2v) is 12.4. The summed E-state index contributed by atoms with van der Waals surface area (Å²) in [6, 6.07) is 8.15. The van der Waals surface area contributed by atoms with Crippen LogP contribution < -0.4 is 13.3 Å². The average Bonchev–Trinajstić information content (AvgIpc) is 2.74. The van der Waals surface area contributed by atoms with Gasteiger partial charge in [0.1, 0.15) is 17.6 Å². The van der Waals surface area contributed by atoms with E-state index in [4.69, 9.17) is 4.74 Å². The summed E-state index contributed by atoms with van der Waals surface area (Å²) in [5.74, 6) is 0.880. The minimum Gasteiger partial charge on any atom is -0.435 e. The Balaban J connectivity index is 1.89. The number of aromatic nitrogens is 3. The molecule has 3 aromatic rings. The van der Waals surface area contributed by atoms with E-state index in [9.17, 15) is 22.1 Å². The van der Waals surface area contributed by atoms with Gasteiger partial charge in [-0.2, -0.15) is 8.97 Å². The lowest BCUT2D eigenvalue weighted by Gasteiger charge is -2.32. The summed E-state index contributed by atoms with van der Waals surface area (Å²) < 4.78 is 56.4. The molecule has 1 aliphatic heterocycles. The summed E-state index contributed by atoms with van der Waals surface area (Å²) in [7, 11) is -8.53. The molecule has 36 heavy (non-hydrogen) atoms. The number of aryl methyl sites for hydroxylation is 2. The predicted octanol–water partition coefficient (Wildman–Crippen LogP) is 2.76. The van der Waals surface area contributed by atoms with E-state index in [0.717, 1.165) is 43.4 Å². The van der Waals surface area contributed by atoms with Crippen LogP contribution in [0.3, 0.4) is 0 Å². The van der Waals surface area contributed by atoms with Crippen molar-refractivity contribution < 1.29 is 21.6 Å². The Hall–Kier alpha value is -3.76. The highest BCUT2D eigenvalue weighted by Crippen LogP contribution is 2.38. The van der Waals surface area contributed by atoms with Crippen molar-refractivity contribution in [1.29, 1.82) is 5.26 Å². The quantitative estimate of drug-likeness (QED) is 0.448. The summed E-state index contributed by atoms with van der Waals surface area (Å²) in [4.78, 5) is 15.2. The third-order valence-electron chi connectivity index (χ3n) is 5.50. The van der Waals surface area contributed by atoms with Gasteiger partial charge < -0.3 is 9.64 Å². The third-order valence-corrected chi connectivity index (χ3v) is 8.72. The number of ether oxygens (including phenoxy) is 1. The SMILES string of the molecule is Cc1cc(N2CCC2)nc(C)c1Oc1nc(-c2cncc(C#N)c2)ccc1N(S(C)(=O)=O)S(C)(=O)=O. The summed E-state index contributed by atoms with van der Waals surface area (Å²) in [5.41, 5.74) is 2.05. The fourth-order valence-corrected chi connectivity index (χ4v) is 6.77. The number of nitrogens with zero attached hydrogens (tertiary/aromatic N) is 6. The molecule has 3 aromatic heterocycles. The molecular weight excluding hydrogens is 504 g/mol. The van der Waals surface area contributed by atoms with Crippen molar-refractivity contribution in [3.8, 4) is 29.0 Å². The molecule has 1 aliphatic rings. The highest BCUT2D eigenvalue weighted by molar-refractivity contribution is 8.09. The predicted molar refractivity (Wildman–Crippen MR) is 135 cm³/mol. The van der Waals surface area contributed by atoms with Crippen molar-refractivity contribution in [3.05, 3.63) is 53.5 Å². The average molecular weight is 529 g/mol. The fourth-order valence-electron chi connectivity index (χ4n) is 3.81. The van der Waals surface area contributed by atoms with Crippen molar-refractivity contribution in [2.24, 2.45) is 0 Å². The van der Waals surface area contributed by atoms with Crippen molar-refractivity contribution >= 4 is 31.6 Å². The van der Waals surface area contributed by atoms with Crippen LogP contribution in [0.5, 0.6) is 11.6 Å². The van der Waals surface area contributed by atoms with E-state index in [-0.39, 0.29) is 15.3 Å². The van der Waals surface area contributed by atoms with Crippen LogP contribution in [-0.2, 0) is 20.0 Å². The van der Waals surface area contributed by atoms with E-state index < -0.39 is 20.0 Å². The zero-order valence-corrected chi connectivity index (χ0v) is 21.8. The molecule has 4 heterocycles. The van der Waals surface area contributed by atoms with Gasteiger partial charge in [0.05, 0.1) is 29.5 Å². The number of nitriles is 1. The van der Waals surface area contributed by atoms with Crippen molar-refractivity contribution in [2.75, 3.05) is 34.2 Å². The van der Waals surface area contributed by atoms with E-state index in [1.54, 1.807) is 13.0 Å². The second-order valence-electron chi connectivity index (χ2n) is 8.47. The van der Waals surface area contributed by atoms with Crippen LogP contribution in [0.4, 0.5) is 11.5 Å². The van der Waals surface area contributed by atoms with E-state index in [2.05, 4.69) is 19.9 Å². The summed E-state index contributed by atoms with van der Waals surface area (Å²) in [5, 5.41) is 9.21. The molecule has 4 rings (SSSR count). The van der Waals surface area contributed by atoms with Gasteiger partial charge in [0.15, 0.2) is 5.75 Å². The number of rotatable bonds is 7. The Labute approximate surface area is 210 Å². The molecule has 0 N–H and O–H groups in total. The topological polar surface area (TPSA) is 146 Å². The molecule has 0 amide bonds. The van der Waals surface area contributed by atoms with E-state index in [1.165, 1.54) is 24.5 Å². The van der Waals surface area contributed by atoms with Gasteiger partial charge in [0.25, 0.3) is 0 Å². The third kappa shape index (κ3) is 5.09. The zero-order chi connectivity index (χ0) is 26.3. The molecule has 0 spiro atoms. The Morgan fingerprint density at radius 3 is 2.28 bits per heavy atom. The Morgan fingerprint density at radius 2 is 1.72 bits per heavy atom.